The Labute approximate surface area is 386 Å². The first kappa shape index (κ1) is 52.9. The average Bonchev–Trinajstić information content (AvgIpc) is 3.53. The van der Waals surface area contributed by atoms with Crippen LogP contribution in [-0.4, -0.2) is 103 Å². The number of hydrogen-bond donors (Lipinski definition) is 2. The molecule has 0 unspecified atom stereocenters. The van der Waals surface area contributed by atoms with E-state index in [2.05, 4.69) is 15.3 Å². The zero-order valence-corrected chi connectivity index (χ0v) is 40.3. The van der Waals surface area contributed by atoms with Crippen LogP contribution in [-0.2, 0) is 57.1 Å². The monoisotopic (exact) mass is 922 g/mol. The fraction of sp³-hybridized carbons (Fsp3) is 0.625. The zero-order chi connectivity index (χ0) is 49.6. The lowest BCUT2D eigenvalue weighted by atomic mass is 9.92. The number of aliphatic carboxylic acids is 1. The van der Waals surface area contributed by atoms with Gasteiger partial charge in [0.1, 0.15) is 25.4 Å². The number of carbonyl (C=O) groups excluding carboxylic acids is 5. The molecule has 1 amide bonds. The van der Waals surface area contributed by atoms with Gasteiger partial charge in [0.15, 0.2) is 24.6 Å². The number of alkyl carbamates (subject to hydrolysis) is 1. The van der Waals surface area contributed by atoms with Gasteiger partial charge in [0.2, 0.25) is 0 Å². The number of amides is 1. The van der Waals surface area contributed by atoms with Crippen LogP contribution in [0, 0.1) is 21.7 Å². The van der Waals surface area contributed by atoms with E-state index in [1.165, 1.54) is 6.92 Å². The maximum atomic E-state index is 13.8. The minimum atomic E-state index is -1.73. The van der Waals surface area contributed by atoms with Crippen LogP contribution in [0.25, 0.3) is 21.6 Å². The van der Waals surface area contributed by atoms with E-state index in [1.807, 2.05) is 48.5 Å². The van der Waals surface area contributed by atoms with E-state index < -0.39 is 113 Å². The van der Waals surface area contributed by atoms with Crippen molar-refractivity contribution in [3.8, 4) is 11.1 Å². The van der Waals surface area contributed by atoms with Gasteiger partial charge in [-0.05, 0) is 131 Å². The van der Waals surface area contributed by atoms with Gasteiger partial charge < -0.3 is 43.6 Å². The van der Waals surface area contributed by atoms with E-state index in [9.17, 15) is 39.4 Å². The third kappa shape index (κ3) is 13.7. The topological polar surface area (TPSA) is 248 Å². The quantitative estimate of drug-likeness (QED) is 0.0532. The summed E-state index contributed by atoms with van der Waals surface area (Å²) < 4.78 is 42.5. The second-order valence-electron chi connectivity index (χ2n) is 21.1. The van der Waals surface area contributed by atoms with Crippen molar-refractivity contribution in [2.45, 2.75) is 151 Å². The van der Waals surface area contributed by atoms with Crippen LogP contribution in [0.2, 0.25) is 0 Å². The van der Waals surface area contributed by atoms with Crippen molar-refractivity contribution in [3.63, 3.8) is 0 Å². The lowest BCUT2D eigenvalue weighted by Gasteiger charge is -2.47. The molecule has 1 heterocycles. The SMILES string of the molecule is CC(C)(C)C(=O)OC[C@H]1O[C@@H](O[C@](C)(CC[C@H](NC(=O)OCC2c3ccccc3-c3ccccc32)C(=O)O)CN=[N+]=[N-])[C@H](OC(=O)C(C)(C)C)[C@@H](OC(=O)C(C)(C)C)[C@H]1OC(=O)C(C)(C)C. The highest BCUT2D eigenvalue weighted by Gasteiger charge is 2.56. The molecule has 0 spiro atoms. The largest absolute Gasteiger partial charge is 0.480 e. The van der Waals surface area contributed by atoms with E-state index in [0.717, 1.165) is 22.3 Å². The Morgan fingerprint density at radius 2 is 1.15 bits per heavy atom. The summed E-state index contributed by atoms with van der Waals surface area (Å²) in [5.74, 6) is -4.67. The first-order valence-corrected chi connectivity index (χ1v) is 22.0. The van der Waals surface area contributed by atoms with Crippen LogP contribution < -0.4 is 5.32 Å². The summed E-state index contributed by atoms with van der Waals surface area (Å²) in [7, 11) is 0. The fourth-order valence-electron chi connectivity index (χ4n) is 6.91. The van der Waals surface area contributed by atoms with Crippen LogP contribution in [0.4, 0.5) is 4.79 Å². The van der Waals surface area contributed by atoms with Gasteiger partial charge in [-0.1, -0.05) is 53.6 Å². The number of hydrogen-bond acceptors (Lipinski definition) is 14. The zero-order valence-electron chi connectivity index (χ0n) is 40.3. The molecule has 1 saturated heterocycles. The Kier molecular flexibility index (Phi) is 16.7. The molecular weight excluding hydrogens is 857 g/mol. The molecule has 1 aliphatic heterocycles. The number of fused-ring (bicyclic) bond motifs is 3. The van der Waals surface area contributed by atoms with Crippen molar-refractivity contribution in [3.05, 3.63) is 70.1 Å². The number of azide groups is 1. The molecule has 0 aromatic heterocycles. The van der Waals surface area contributed by atoms with Gasteiger partial charge in [-0.2, -0.15) is 0 Å². The van der Waals surface area contributed by atoms with E-state index >= 15 is 0 Å². The summed E-state index contributed by atoms with van der Waals surface area (Å²) in [4.78, 5) is 83.1. The number of carboxylic acids is 1. The Hall–Kier alpha value is -5.71. The first-order valence-electron chi connectivity index (χ1n) is 22.0. The second kappa shape index (κ2) is 20.9. The summed E-state index contributed by atoms with van der Waals surface area (Å²) in [5.41, 5.74) is 7.41. The summed E-state index contributed by atoms with van der Waals surface area (Å²) in [6.07, 6.45) is -9.54. The standard InChI is InChI=1S/C48H66N4O14/c1-44(2,3)39(55)60-25-33-34(63-40(56)45(4,5)6)35(64-41(57)46(7,8)9)36(65-42(58)47(10,11)12)38(62-33)66-48(13,26-50-52-49)23-22-32(37(53)54)51-43(59)61-24-31-29-20-16-14-18-27(29)28-19-15-17-21-30(28)31/h14-21,31-36,38H,22-26H2,1-13H3,(H,51,59)(H,53,54)/t32-,33+,34-,35-,36+,38-,48+/m0/s1. The van der Waals surface area contributed by atoms with Crippen LogP contribution >= 0.6 is 0 Å². The highest BCUT2D eigenvalue weighted by Crippen LogP contribution is 2.44. The molecule has 66 heavy (non-hydrogen) atoms. The van der Waals surface area contributed by atoms with Gasteiger partial charge in [-0.3, -0.25) is 19.2 Å². The highest BCUT2D eigenvalue weighted by atomic mass is 16.7. The molecule has 1 fully saturated rings. The minimum absolute atomic E-state index is 0.0726. The summed E-state index contributed by atoms with van der Waals surface area (Å²) in [6.45, 7) is 19.6. The number of ether oxygens (including phenoxy) is 7. The Morgan fingerprint density at radius 1 is 0.682 bits per heavy atom. The minimum Gasteiger partial charge on any atom is -0.480 e. The molecule has 7 atom stereocenters. The van der Waals surface area contributed by atoms with Gasteiger partial charge >= 0.3 is 35.9 Å². The number of esters is 4. The van der Waals surface area contributed by atoms with E-state index in [0.29, 0.717) is 0 Å². The third-order valence-electron chi connectivity index (χ3n) is 10.9. The van der Waals surface area contributed by atoms with Crippen LogP contribution in [0.1, 0.15) is 120 Å². The van der Waals surface area contributed by atoms with Gasteiger partial charge in [-0.15, -0.1) is 0 Å². The number of benzene rings is 2. The maximum absolute atomic E-state index is 13.8. The first-order chi connectivity index (χ1) is 30.5. The van der Waals surface area contributed by atoms with Gasteiger partial charge in [0.05, 0.1) is 33.8 Å². The lowest BCUT2D eigenvalue weighted by molar-refractivity contribution is -0.331. The van der Waals surface area contributed by atoms with Crippen LogP contribution in [0.3, 0.4) is 0 Å². The molecule has 1 aliphatic carbocycles. The number of carboxylic acid groups (broad SMARTS) is 1. The molecule has 2 aromatic carbocycles. The molecule has 4 rings (SSSR count). The van der Waals surface area contributed by atoms with Gasteiger partial charge in [0, 0.05) is 10.8 Å². The van der Waals surface area contributed by atoms with Crippen molar-refractivity contribution in [2.75, 3.05) is 19.8 Å². The number of rotatable bonds is 16. The molecule has 0 saturated carbocycles. The molecule has 18 nitrogen and oxygen atoms in total. The predicted octanol–water partition coefficient (Wildman–Crippen LogP) is 8.03. The van der Waals surface area contributed by atoms with E-state index in [-0.39, 0.29) is 25.4 Å². The van der Waals surface area contributed by atoms with Crippen molar-refractivity contribution in [1.29, 1.82) is 0 Å². The Balaban J connectivity index is 1.69. The molecule has 18 heteroatoms. The normalized spacial score (nSPS) is 21.1. The average molecular weight is 923 g/mol. The number of carbonyl (C=O) groups is 6. The van der Waals surface area contributed by atoms with Gasteiger partial charge in [0.25, 0.3) is 0 Å². The second-order valence-corrected chi connectivity index (χ2v) is 21.1. The summed E-state index contributed by atoms with van der Waals surface area (Å²) in [6, 6.07) is 14.0. The number of nitrogens with zero attached hydrogens (tertiary/aromatic N) is 3. The molecule has 362 valence electrons. The molecule has 2 aliphatic rings. The van der Waals surface area contributed by atoms with E-state index in [1.54, 1.807) is 83.1 Å². The van der Waals surface area contributed by atoms with Crippen molar-refractivity contribution < 1.29 is 67.0 Å². The summed E-state index contributed by atoms with van der Waals surface area (Å²) in [5, 5.41) is 16.5. The Morgan fingerprint density at radius 3 is 1.62 bits per heavy atom. The third-order valence-corrected chi connectivity index (χ3v) is 10.9. The van der Waals surface area contributed by atoms with E-state index in [4.69, 9.17) is 33.2 Å². The van der Waals surface area contributed by atoms with Crippen molar-refractivity contribution in [2.24, 2.45) is 26.8 Å². The van der Waals surface area contributed by atoms with Crippen molar-refractivity contribution >= 4 is 35.9 Å². The van der Waals surface area contributed by atoms with Crippen molar-refractivity contribution in [1.82, 2.24) is 5.32 Å². The maximum Gasteiger partial charge on any atom is 0.407 e. The molecule has 2 N–H and O–H groups in total. The molecule has 2 aromatic rings. The molecule has 0 bridgehead atoms. The van der Waals surface area contributed by atoms with Crippen LogP contribution in [0.5, 0.6) is 0 Å². The fourth-order valence-corrected chi connectivity index (χ4v) is 6.91. The lowest BCUT2D eigenvalue weighted by Crippen LogP contribution is -2.65. The number of nitrogens with one attached hydrogen (secondary N) is 1. The summed E-state index contributed by atoms with van der Waals surface area (Å²) >= 11 is 0. The smallest absolute Gasteiger partial charge is 0.407 e. The molecule has 0 radical (unpaired) electrons. The van der Waals surface area contributed by atoms with Crippen LogP contribution in [0.15, 0.2) is 53.6 Å². The highest BCUT2D eigenvalue weighted by molar-refractivity contribution is 5.81. The predicted molar refractivity (Wildman–Crippen MR) is 239 cm³/mol. The Bertz CT molecular complexity index is 2110. The van der Waals surface area contributed by atoms with Gasteiger partial charge in [-0.25, -0.2) is 9.59 Å². The molecular formula is C48H66N4O14.